The lowest BCUT2D eigenvalue weighted by atomic mass is 10.1. The highest BCUT2D eigenvalue weighted by atomic mass is 32.2. The predicted octanol–water partition coefficient (Wildman–Crippen LogP) is 4.72. The molecule has 2 amide bonds. The molecule has 0 aliphatic carbocycles. The van der Waals surface area contributed by atoms with Crippen LogP contribution in [0.4, 0.5) is 10.1 Å². The third kappa shape index (κ3) is 5.11. The molecule has 1 aliphatic heterocycles. The molecule has 0 saturated carbocycles. The zero-order valence-corrected chi connectivity index (χ0v) is 18.4. The Balaban J connectivity index is 1.50. The molecular weight excluding hydrogens is 427 g/mol. The Bertz CT molecular complexity index is 1100. The standard InChI is InChI=1S/C25H23FN2O3S/c1-31-20-12-8-18(9-13-20)23-14-25(30)28(21-4-2-3-5-22(21)32-23)16-24(29)27-15-17-6-10-19(26)11-7-17/h2-13,23H,14-16H2,1H3,(H,27,29). The summed E-state index contributed by atoms with van der Waals surface area (Å²) in [6.07, 6.45) is 0.275. The summed E-state index contributed by atoms with van der Waals surface area (Å²) in [6, 6.07) is 21.3. The van der Waals surface area contributed by atoms with Gasteiger partial charge in [0, 0.05) is 23.1 Å². The van der Waals surface area contributed by atoms with Crippen molar-refractivity contribution in [1.82, 2.24) is 5.32 Å². The molecule has 1 aliphatic rings. The SMILES string of the molecule is COc1ccc(C2CC(=O)N(CC(=O)NCc3ccc(F)cc3)c3ccccc3S2)cc1. The van der Waals surface area contributed by atoms with Crippen LogP contribution >= 0.6 is 11.8 Å². The lowest BCUT2D eigenvalue weighted by Gasteiger charge is -2.22. The second-order valence-electron chi connectivity index (χ2n) is 7.43. The molecule has 1 N–H and O–H groups in total. The Hall–Kier alpha value is -3.32. The quantitative estimate of drug-likeness (QED) is 0.590. The summed E-state index contributed by atoms with van der Waals surface area (Å²) in [5.41, 5.74) is 2.55. The summed E-state index contributed by atoms with van der Waals surface area (Å²) in [5, 5.41) is 2.75. The Morgan fingerprint density at radius 2 is 1.81 bits per heavy atom. The number of hydrogen-bond acceptors (Lipinski definition) is 4. The van der Waals surface area contributed by atoms with Crippen LogP contribution in [-0.4, -0.2) is 25.5 Å². The molecule has 0 radical (unpaired) electrons. The van der Waals surface area contributed by atoms with Gasteiger partial charge < -0.3 is 15.0 Å². The number of para-hydroxylation sites is 1. The summed E-state index contributed by atoms with van der Waals surface area (Å²) in [7, 11) is 1.62. The lowest BCUT2D eigenvalue weighted by Crippen LogP contribution is -2.40. The van der Waals surface area contributed by atoms with E-state index in [2.05, 4.69) is 5.32 Å². The number of nitrogens with one attached hydrogen (secondary N) is 1. The minimum absolute atomic E-state index is 0.0677. The lowest BCUT2D eigenvalue weighted by molar-refractivity contribution is -0.124. The predicted molar refractivity (Wildman–Crippen MR) is 123 cm³/mol. The fourth-order valence-electron chi connectivity index (χ4n) is 3.56. The maximum absolute atomic E-state index is 13.2. The first kappa shape index (κ1) is 21.9. The molecule has 1 atom stereocenters. The number of ether oxygens (including phenoxy) is 1. The molecule has 0 bridgehead atoms. The Morgan fingerprint density at radius 1 is 1.09 bits per heavy atom. The van der Waals surface area contributed by atoms with Crippen molar-refractivity contribution in [3.63, 3.8) is 0 Å². The molecule has 32 heavy (non-hydrogen) atoms. The first-order valence-electron chi connectivity index (χ1n) is 10.2. The monoisotopic (exact) mass is 450 g/mol. The highest BCUT2D eigenvalue weighted by Gasteiger charge is 2.30. The molecule has 5 nitrogen and oxygen atoms in total. The van der Waals surface area contributed by atoms with E-state index in [1.165, 1.54) is 12.1 Å². The summed E-state index contributed by atoms with van der Waals surface area (Å²) in [4.78, 5) is 28.3. The maximum Gasteiger partial charge on any atom is 0.240 e. The fourth-order valence-corrected chi connectivity index (χ4v) is 4.84. The van der Waals surface area contributed by atoms with Crippen LogP contribution in [0.25, 0.3) is 0 Å². The topological polar surface area (TPSA) is 58.6 Å². The van der Waals surface area contributed by atoms with Gasteiger partial charge in [-0.15, -0.1) is 11.8 Å². The third-order valence-electron chi connectivity index (χ3n) is 5.28. The summed E-state index contributed by atoms with van der Waals surface area (Å²) in [5.74, 6) is 0.0555. The van der Waals surface area contributed by atoms with Crippen molar-refractivity contribution in [3.05, 3.63) is 89.7 Å². The zero-order valence-electron chi connectivity index (χ0n) is 17.6. The number of anilines is 1. The van der Waals surface area contributed by atoms with Gasteiger partial charge in [-0.05, 0) is 47.5 Å². The molecule has 4 rings (SSSR count). The number of carbonyl (C=O) groups excluding carboxylic acids is 2. The Kier molecular flexibility index (Phi) is 6.75. The number of hydrogen-bond donors (Lipinski definition) is 1. The Labute approximate surface area is 190 Å². The van der Waals surface area contributed by atoms with E-state index in [4.69, 9.17) is 4.74 Å². The van der Waals surface area contributed by atoms with Crippen molar-refractivity contribution < 1.29 is 18.7 Å². The number of nitrogens with zero attached hydrogens (tertiary/aromatic N) is 1. The molecule has 0 fully saturated rings. The minimum Gasteiger partial charge on any atom is -0.497 e. The van der Waals surface area contributed by atoms with E-state index in [1.807, 2.05) is 48.5 Å². The normalized spacial score (nSPS) is 15.6. The van der Waals surface area contributed by atoms with Crippen LogP contribution in [0, 0.1) is 5.82 Å². The molecule has 1 heterocycles. The van der Waals surface area contributed by atoms with Gasteiger partial charge in [0.25, 0.3) is 0 Å². The van der Waals surface area contributed by atoms with E-state index in [0.29, 0.717) is 0 Å². The van der Waals surface area contributed by atoms with E-state index in [9.17, 15) is 14.0 Å². The van der Waals surface area contributed by atoms with Gasteiger partial charge in [-0.3, -0.25) is 9.59 Å². The van der Waals surface area contributed by atoms with E-state index in [-0.39, 0.29) is 42.4 Å². The smallest absolute Gasteiger partial charge is 0.240 e. The molecule has 3 aromatic carbocycles. The van der Waals surface area contributed by atoms with Crippen molar-refractivity contribution in [2.24, 2.45) is 0 Å². The van der Waals surface area contributed by atoms with Gasteiger partial charge in [-0.25, -0.2) is 4.39 Å². The average molecular weight is 451 g/mol. The Morgan fingerprint density at radius 3 is 2.53 bits per heavy atom. The third-order valence-corrected chi connectivity index (χ3v) is 6.60. The largest absolute Gasteiger partial charge is 0.497 e. The van der Waals surface area contributed by atoms with Gasteiger partial charge in [0.2, 0.25) is 11.8 Å². The number of methoxy groups -OCH3 is 1. The van der Waals surface area contributed by atoms with Crippen LogP contribution in [-0.2, 0) is 16.1 Å². The van der Waals surface area contributed by atoms with Crippen molar-refractivity contribution in [3.8, 4) is 5.75 Å². The summed E-state index contributed by atoms with van der Waals surface area (Å²) in [6.45, 7) is 0.193. The molecule has 164 valence electrons. The molecule has 0 saturated heterocycles. The molecular formula is C25H23FN2O3S. The number of carbonyl (C=O) groups is 2. The van der Waals surface area contributed by atoms with Gasteiger partial charge in [0.15, 0.2) is 0 Å². The number of thioether (sulfide) groups is 1. The molecule has 3 aromatic rings. The van der Waals surface area contributed by atoms with E-state index < -0.39 is 0 Å². The first-order valence-corrected chi connectivity index (χ1v) is 11.1. The molecule has 1 unspecified atom stereocenters. The summed E-state index contributed by atoms with van der Waals surface area (Å²) < 4.78 is 18.3. The minimum atomic E-state index is -0.323. The van der Waals surface area contributed by atoms with Crippen molar-refractivity contribution in [2.75, 3.05) is 18.6 Å². The number of benzene rings is 3. The zero-order chi connectivity index (χ0) is 22.5. The van der Waals surface area contributed by atoms with Crippen LogP contribution in [0.1, 0.15) is 22.8 Å². The van der Waals surface area contributed by atoms with E-state index >= 15 is 0 Å². The number of halogens is 1. The van der Waals surface area contributed by atoms with Gasteiger partial charge in [-0.1, -0.05) is 36.4 Å². The second kappa shape index (κ2) is 9.87. The molecule has 7 heteroatoms. The van der Waals surface area contributed by atoms with E-state index in [0.717, 1.165) is 27.5 Å². The maximum atomic E-state index is 13.2. The summed E-state index contributed by atoms with van der Waals surface area (Å²) >= 11 is 1.62. The van der Waals surface area contributed by atoms with Crippen LogP contribution in [0.15, 0.2) is 77.7 Å². The average Bonchev–Trinajstić information content (AvgIpc) is 2.95. The number of fused-ring (bicyclic) bond motifs is 1. The van der Waals surface area contributed by atoms with Gasteiger partial charge in [0.1, 0.15) is 18.1 Å². The van der Waals surface area contributed by atoms with Crippen molar-refractivity contribution in [2.45, 2.75) is 23.1 Å². The molecule has 0 aromatic heterocycles. The van der Waals surface area contributed by atoms with Crippen LogP contribution in [0.5, 0.6) is 5.75 Å². The number of amides is 2. The van der Waals surface area contributed by atoms with Crippen molar-refractivity contribution >= 4 is 29.3 Å². The van der Waals surface area contributed by atoms with Gasteiger partial charge in [-0.2, -0.15) is 0 Å². The highest BCUT2D eigenvalue weighted by Crippen LogP contribution is 2.45. The number of rotatable bonds is 6. The molecule has 0 spiro atoms. The van der Waals surface area contributed by atoms with E-state index in [1.54, 1.807) is 35.9 Å². The highest BCUT2D eigenvalue weighted by molar-refractivity contribution is 7.99. The van der Waals surface area contributed by atoms with Crippen molar-refractivity contribution in [1.29, 1.82) is 0 Å². The van der Waals surface area contributed by atoms with Gasteiger partial charge >= 0.3 is 0 Å². The van der Waals surface area contributed by atoms with Crippen LogP contribution < -0.4 is 15.0 Å². The van der Waals surface area contributed by atoms with Crippen LogP contribution in [0.2, 0.25) is 0 Å². The fraction of sp³-hybridized carbons (Fsp3) is 0.200. The first-order chi connectivity index (χ1) is 15.5. The van der Waals surface area contributed by atoms with Crippen LogP contribution in [0.3, 0.4) is 0 Å². The van der Waals surface area contributed by atoms with Gasteiger partial charge in [0.05, 0.1) is 12.8 Å². The second-order valence-corrected chi connectivity index (χ2v) is 8.68.